The highest BCUT2D eigenvalue weighted by Crippen LogP contribution is 2.32. The molecule has 1 saturated heterocycles. The Morgan fingerprint density at radius 1 is 1.17 bits per heavy atom. The fourth-order valence-electron chi connectivity index (χ4n) is 4.98. The Bertz CT molecular complexity index is 824. The van der Waals surface area contributed by atoms with E-state index >= 15 is 0 Å². The van der Waals surface area contributed by atoms with E-state index in [2.05, 4.69) is 26.3 Å². The second-order valence-electron chi connectivity index (χ2n) is 8.28. The number of tetrazole rings is 1. The van der Waals surface area contributed by atoms with Crippen molar-refractivity contribution in [1.82, 2.24) is 20.2 Å². The van der Waals surface area contributed by atoms with Crippen LogP contribution in [-0.2, 0) is 4.79 Å². The van der Waals surface area contributed by atoms with E-state index in [1.165, 1.54) is 24.2 Å². The highest BCUT2D eigenvalue weighted by molar-refractivity contribution is 5.76. The maximum atomic E-state index is 11.6. The van der Waals surface area contributed by atoms with Crippen LogP contribution in [0.3, 0.4) is 0 Å². The molecule has 2 aliphatic rings. The number of para-hydroxylation sites is 1. The average molecular weight is 400 g/mol. The summed E-state index contributed by atoms with van der Waals surface area (Å²) in [7, 11) is 1.70. The van der Waals surface area contributed by atoms with Crippen molar-refractivity contribution in [3.8, 4) is 5.75 Å². The van der Waals surface area contributed by atoms with Crippen LogP contribution in [0.2, 0.25) is 0 Å². The lowest BCUT2D eigenvalue weighted by Gasteiger charge is -2.34. The first-order valence-corrected chi connectivity index (χ1v) is 10.7. The normalized spacial score (nSPS) is 24.2. The molecule has 2 heterocycles. The lowest BCUT2D eigenvalue weighted by Crippen LogP contribution is -3.13. The molecular formula is C21H31N6O2+. The van der Waals surface area contributed by atoms with Gasteiger partial charge in [-0.3, -0.25) is 4.79 Å². The van der Waals surface area contributed by atoms with E-state index in [1.807, 2.05) is 18.2 Å². The van der Waals surface area contributed by atoms with Gasteiger partial charge in [0, 0.05) is 18.8 Å². The molecule has 2 fully saturated rings. The third kappa shape index (κ3) is 4.12. The van der Waals surface area contributed by atoms with Crippen molar-refractivity contribution in [3.05, 3.63) is 35.7 Å². The first-order valence-electron chi connectivity index (χ1n) is 10.7. The van der Waals surface area contributed by atoms with Gasteiger partial charge in [0.15, 0.2) is 6.04 Å². The fraction of sp³-hybridized carbons (Fsp3) is 0.619. The van der Waals surface area contributed by atoms with Crippen molar-refractivity contribution in [1.29, 1.82) is 0 Å². The standard InChI is InChI=1S/C21H30N6O2/c1-29-18-10-6-5-9-17(18)19(26-13-11-15(12-14-26)20(22)28)21-23-24-25-27(21)16-7-3-2-4-8-16/h5-6,9-10,15-16,19H,2-4,7-8,11-14H2,1H3,(H2,22,28)/p+1/t19-/m0/s1. The first kappa shape index (κ1) is 19.8. The van der Waals surface area contributed by atoms with E-state index in [4.69, 9.17) is 10.5 Å². The van der Waals surface area contributed by atoms with Crippen LogP contribution in [0.1, 0.15) is 68.4 Å². The number of rotatable bonds is 6. The zero-order valence-electron chi connectivity index (χ0n) is 17.1. The summed E-state index contributed by atoms with van der Waals surface area (Å²) in [6, 6.07) is 8.45. The van der Waals surface area contributed by atoms with E-state index in [0.717, 1.165) is 55.9 Å². The molecule has 0 radical (unpaired) electrons. The van der Waals surface area contributed by atoms with E-state index < -0.39 is 0 Å². The topological polar surface area (TPSA) is 100 Å². The molecule has 0 spiro atoms. The van der Waals surface area contributed by atoms with Gasteiger partial charge < -0.3 is 15.4 Å². The SMILES string of the molecule is COc1ccccc1[C@@H](c1nnnn1C1CCCCC1)[NH+]1CCC(C(N)=O)CC1. The predicted octanol–water partition coefficient (Wildman–Crippen LogP) is 1.06. The minimum Gasteiger partial charge on any atom is -0.496 e. The smallest absolute Gasteiger partial charge is 0.220 e. The molecule has 8 heteroatoms. The van der Waals surface area contributed by atoms with Crippen molar-refractivity contribution in [2.24, 2.45) is 11.7 Å². The molecule has 0 unspecified atom stereocenters. The Morgan fingerprint density at radius 2 is 1.90 bits per heavy atom. The van der Waals surface area contributed by atoms with Crippen molar-refractivity contribution >= 4 is 5.91 Å². The van der Waals surface area contributed by atoms with Gasteiger partial charge in [-0.25, -0.2) is 4.68 Å². The van der Waals surface area contributed by atoms with E-state index in [9.17, 15) is 4.79 Å². The summed E-state index contributed by atoms with van der Waals surface area (Å²) in [6.07, 6.45) is 7.56. The number of piperidine rings is 1. The number of benzene rings is 1. The fourth-order valence-corrected chi connectivity index (χ4v) is 4.98. The molecule has 3 N–H and O–H groups in total. The molecule has 1 atom stereocenters. The monoisotopic (exact) mass is 399 g/mol. The molecule has 1 aromatic carbocycles. The number of nitrogens with one attached hydrogen (secondary N) is 1. The Labute approximate surface area is 171 Å². The number of hydrogen-bond donors (Lipinski definition) is 2. The molecule has 1 aromatic heterocycles. The maximum Gasteiger partial charge on any atom is 0.220 e. The van der Waals surface area contributed by atoms with Gasteiger partial charge in [0.05, 0.1) is 31.8 Å². The second kappa shape index (κ2) is 8.90. The van der Waals surface area contributed by atoms with Gasteiger partial charge >= 0.3 is 0 Å². The number of aromatic nitrogens is 4. The van der Waals surface area contributed by atoms with Crippen molar-refractivity contribution in [2.45, 2.75) is 57.0 Å². The van der Waals surface area contributed by atoms with Gasteiger partial charge in [-0.1, -0.05) is 31.4 Å². The molecule has 2 aromatic rings. The molecular weight excluding hydrogens is 368 g/mol. The first-order chi connectivity index (χ1) is 14.2. The highest BCUT2D eigenvalue weighted by Gasteiger charge is 2.38. The summed E-state index contributed by atoms with van der Waals surface area (Å²) in [5.74, 6) is 1.52. The molecule has 1 amide bonds. The number of likely N-dealkylation sites (tertiary alicyclic amines) is 1. The highest BCUT2D eigenvalue weighted by atomic mass is 16.5. The third-order valence-corrected chi connectivity index (χ3v) is 6.59. The summed E-state index contributed by atoms with van der Waals surface area (Å²) in [5, 5.41) is 13.0. The number of methoxy groups -OCH3 is 1. The van der Waals surface area contributed by atoms with Crippen molar-refractivity contribution in [2.75, 3.05) is 20.2 Å². The van der Waals surface area contributed by atoms with Gasteiger partial charge in [-0.2, -0.15) is 0 Å². The minimum absolute atomic E-state index is 0.0306. The number of carbonyl (C=O) groups is 1. The van der Waals surface area contributed by atoms with Gasteiger partial charge in [0.25, 0.3) is 0 Å². The lowest BCUT2D eigenvalue weighted by molar-refractivity contribution is -0.931. The van der Waals surface area contributed by atoms with Crippen LogP contribution >= 0.6 is 0 Å². The number of quaternary nitrogens is 1. The number of ether oxygens (including phenoxy) is 1. The molecule has 1 saturated carbocycles. The minimum atomic E-state index is -0.190. The molecule has 0 bridgehead atoms. The zero-order valence-corrected chi connectivity index (χ0v) is 17.1. The predicted molar refractivity (Wildman–Crippen MR) is 107 cm³/mol. The Hall–Kier alpha value is -2.48. The van der Waals surface area contributed by atoms with Crippen LogP contribution in [-0.4, -0.2) is 46.3 Å². The Morgan fingerprint density at radius 3 is 2.59 bits per heavy atom. The summed E-state index contributed by atoms with van der Waals surface area (Å²) in [4.78, 5) is 13.0. The zero-order chi connectivity index (χ0) is 20.2. The van der Waals surface area contributed by atoms with Crippen LogP contribution in [0.15, 0.2) is 24.3 Å². The molecule has 8 nitrogen and oxygen atoms in total. The van der Waals surface area contributed by atoms with Crippen molar-refractivity contribution < 1.29 is 14.4 Å². The summed E-state index contributed by atoms with van der Waals surface area (Å²) >= 11 is 0. The largest absolute Gasteiger partial charge is 0.496 e. The number of nitrogens with two attached hydrogens (primary N) is 1. The third-order valence-electron chi connectivity index (χ3n) is 6.59. The Balaban J connectivity index is 1.70. The number of primary amides is 1. The molecule has 156 valence electrons. The Kier molecular flexibility index (Phi) is 6.08. The quantitative estimate of drug-likeness (QED) is 0.756. The lowest BCUT2D eigenvalue weighted by atomic mass is 9.92. The van der Waals surface area contributed by atoms with Gasteiger partial charge in [-0.05, 0) is 35.4 Å². The van der Waals surface area contributed by atoms with E-state index in [-0.39, 0.29) is 17.9 Å². The van der Waals surface area contributed by atoms with Gasteiger partial charge in [0.1, 0.15) is 5.75 Å². The number of amides is 1. The maximum absolute atomic E-state index is 11.6. The summed E-state index contributed by atoms with van der Waals surface area (Å²) in [6.45, 7) is 1.71. The van der Waals surface area contributed by atoms with Crippen LogP contribution in [0.25, 0.3) is 0 Å². The average Bonchev–Trinajstić information content (AvgIpc) is 3.25. The summed E-state index contributed by atoms with van der Waals surface area (Å²) in [5.41, 5.74) is 6.65. The van der Waals surface area contributed by atoms with Crippen molar-refractivity contribution in [3.63, 3.8) is 0 Å². The van der Waals surface area contributed by atoms with E-state index in [1.54, 1.807) is 7.11 Å². The molecule has 29 heavy (non-hydrogen) atoms. The number of hydrogen-bond acceptors (Lipinski definition) is 5. The van der Waals surface area contributed by atoms with Crippen LogP contribution < -0.4 is 15.4 Å². The van der Waals surface area contributed by atoms with Crippen LogP contribution in [0.4, 0.5) is 0 Å². The molecule has 1 aliphatic heterocycles. The van der Waals surface area contributed by atoms with E-state index in [0.29, 0.717) is 6.04 Å². The second-order valence-corrected chi connectivity index (χ2v) is 8.28. The van der Waals surface area contributed by atoms with Crippen LogP contribution in [0.5, 0.6) is 5.75 Å². The number of carbonyl (C=O) groups excluding carboxylic acids is 1. The molecule has 1 aliphatic carbocycles. The van der Waals surface area contributed by atoms with Crippen LogP contribution in [0, 0.1) is 5.92 Å². The van der Waals surface area contributed by atoms with Gasteiger partial charge in [0.2, 0.25) is 11.7 Å². The van der Waals surface area contributed by atoms with Gasteiger partial charge in [-0.15, -0.1) is 5.10 Å². The molecule has 4 rings (SSSR count). The number of nitrogens with zero attached hydrogens (tertiary/aromatic N) is 4. The summed E-state index contributed by atoms with van der Waals surface area (Å²) < 4.78 is 7.75.